The van der Waals surface area contributed by atoms with Gasteiger partial charge in [0.15, 0.2) is 0 Å². The first-order valence-electron chi connectivity index (χ1n) is 5.58. The Kier molecular flexibility index (Phi) is 3.19. The van der Waals surface area contributed by atoms with E-state index in [1.807, 2.05) is 0 Å². The summed E-state index contributed by atoms with van der Waals surface area (Å²) in [6, 6.07) is 7.57. The third kappa shape index (κ3) is 2.39. The van der Waals surface area contributed by atoms with E-state index in [9.17, 15) is 9.50 Å². The fourth-order valence-electron chi connectivity index (χ4n) is 1.62. The number of halogens is 2. The summed E-state index contributed by atoms with van der Waals surface area (Å²) < 4.78 is 18.7. The minimum atomic E-state index is -0.442. The molecule has 0 amide bonds. The summed E-state index contributed by atoms with van der Waals surface area (Å²) in [6.45, 7) is 0. The van der Waals surface area contributed by atoms with Gasteiger partial charge < -0.3 is 9.63 Å². The fourth-order valence-corrected chi connectivity index (χ4v) is 1.99. The van der Waals surface area contributed by atoms with Crippen LogP contribution in [-0.4, -0.2) is 20.2 Å². The Labute approximate surface area is 121 Å². The zero-order chi connectivity index (χ0) is 14.1. The molecule has 1 aromatic carbocycles. The van der Waals surface area contributed by atoms with Gasteiger partial charge in [0.1, 0.15) is 17.3 Å². The van der Waals surface area contributed by atoms with E-state index in [4.69, 9.17) is 4.52 Å². The predicted molar refractivity (Wildman–Crippen MR) is 72.3 cm³/mol. The number of pyridine rings is 1. The van der Waals surface area contributed by atoms with Crippen molar-refractivity contribution in [1.82, 2.24) is 15.1 Å². The molecule has 3 aromatic rings. The molecule has 2 heterocycles. The Bertz CT molecular complexity index is 759. The van der Waals surface area contributed by atoms with Crippen molar-refractivity contribution in [2.75, 3.05) is 0 Å². The van der Waals surface area contributed by atoms with Gasteiger partial charge in [0.05, 0.1) is 11.8 Å². The maximum absolute atomic E-state index is 12.8. The minimum Gasteiger partial charge on any atom is -0.507 e. The summed E-state index contributed by atoms with van der Waals surface area (Å²) >= 11 is 3.30. The molecule has 0 aliphatic carbocycles. The van der Waals surface area contributed by atoms with Gasteiger partial charge in [0.2, 0.25) is 5.82 Å². The Morgan fingerprint density at radius 3 is 2.80 bits per heavy atom. The van der Waals surface area contributed by atoms with Gasteiger partial charge in [-0.15, -0.1) is 0 Å². The van der Waals surface area contributed by atoms with E-state index in [2.05, 4.69) is 31.1 Å². The van der Waals surface area contributed by atoms with E-state index < -0.39 is 5.82 Å². The van der Waals surface area contributed by atoms with Crippen molar-refractivity contribution in [1.29, 1.82) is 0 Å². The molecule has 0 aliphatic rings. The maximum atomic E-state index is 12.8. The van der Waals surface area contributed by atoms with Crippen LogP contribution in [0.1, 0.15) is 0 Å². The molecule has 0 saturated carbocycles. The van der Waals surface area contributed by atoms with Crippen LogP contribution in [-0.2, 0) is 0 Å². The van der Waals surface area contributed by atoms with E-state index in [0.29, 0.717) is 11.3 Å². The second-order valence-corrected chi connectivity index (χ2v) is 4.86. The van der Waals surface area contributed by atoms with Crippen LogP contribution in [0.15, 0.2) is 45.5 Å². The smallest absolute Gasteiger partial charge is 0.262 e. The van der Waals surface area contributed by atoms with Crippen LogP contribution < -0.4 is 0 Å². The van der Waals surface area contributed by atoms with Crippen LogP contribution in [0.4, 0.5) is 4.39 Å². The Hall–Kier alpha value is -2.28. The third-order valence-electron chi connectivity index (χ3n) is 2.57. The third-order valence-corrected chi connectivity index (χ3v) is 3.06. The number of hydrogen-bond acceptors (Lipinski definition) is 5. The molecule has 0 atom stereocenters. The van der Waals surface area contributed by atoms with Gasteiger partial charge in [0, 0.05) is 4.47 Å². The van der Waals surface area contributed by atoms with Crippen LogP contribution in [0.25, 0.3) is 23.0 Å². The number of benzene rings is 1. The average molecular weight is 336 g/mol. The SMILES string of the molecule is Oc1ccc(Br)cc1-c1nc(-c2ccc(F)cn2)no1. The van der Waals surface area contributed by atoms with Crippen molar-refractivity contribution in [2.24, 2.45) is 0 Å². The summed E-state index contributed by atoms with van der Waals surface area (Å²) in [5.41, 5.74) is 0.788. The average Bonchev–Trinajstić information content (AvgIpc) is 2.92. The second-order valence-electron chi connectivity index (χ2n) is 3.95. The molecule has 5 nitrogen and oxygen atoms in total. The van der Waals surface area contributed by atoms with Crippen LogP contribution >= 0.6 is 15.9 Å². The summed E-state index contributed by atoms with van der Waals surface area (Å²) in [7, 11) is 0. The Morgan fingerprint density at radius 1 is 1.20 bits per heavy atom. The number of aromatic nitrogens is 3. The molecule has 7 heteroatoms. The first kappa shape index (κ1) is 12.7. The maximum Gasteiger partial charge on any atom is 0.262 e. The molecular weight excluding hydrogens is 329 g/mol. The molecule has 0 fully saturated rings. The first-order chi connectivity index (χ1) is 9.63. The van der Waals surface area contributed by atoms with Crippen molar-refractivity contribution in [3.63, 3.8) is 0 Å². The highest BCUT2D eigenvalue weighted by atomic mass is 79.9. The van der Waals surface area contributed by atoms with Gasteiger partial charge in [-0.05, 0) is 30.3 Å². The van der Waals surface area contributed by atoms with Gasteiger partial charge in [0.25, 0.3) is 5.89 Å². The summed E-state index contributed by atoms with van der Waals surface area (Å²) in [5, 5.41) is 13.6. The highest BCUT2D eigenvalue weighted by Gasteiger charge is 2.15. The van der Waals surface area contributed by atoms with E-state index in [1.165, 1.54) is 18.2 Å². The molecule has 2 aromatic heterocycles. The van der Waals surface area contributed by atoms with E-state index in [0.717, 1.165) is 10.7 Å². The number of phenolic OH excluding ortho intramolecular Hbond substituents is 1. The summed E-state index contributed by atoms with van der Waals surface area (Å²) in [6.07, 6.45) is 1.07. The van der Waals surface area contributed by atoms with Crippen molar-refractivity contribution in [3.8, 4) is 28.7 Å². The number of nitrogens with zero attached hydrogens (tertiary/aromatic N) is 3. The topological polar surface area (TPSA) is 72.0 Å². The summed E-state index contributed by atoms with van der Waals surface area (Å²) in [5.74, 6) is -0.0399. The summed E-state index contributed by atoms with van der Waals surface area (Å²) in [4.78, 5) is 8.00. The number of hydrogen-bond donors (Lipinski definition) is 1. The minimum absolute atomic E-state index is 0.0236. The molecule has 0 unspecified atom stereocenters. The molecule has 0 aliphatic heterocycles. The molecule has 1 N–H and O–H groups in total. The van der Waals surface area contributed by atoms with Gasteiger partial charge in [-0.2, -0.15) is 4.98 Å². The first-order valence-corrected chi connectivity index (χ1v) is 6.37. The Morgan fingerprint density at radius 2 is 2.05 bits per heavy atom. The van der Waals surface area contributed by atoms with Crippen LogP contribution in [0.5, 0.6) is 5.75 Å². The van der Waals surface area contributed by atoms with Crippen LogP contribution in [0.2, 0.25) is 0 Å². The van der Waals surface area contributed by atoms with E-state index in [1.54, 1.807) is 12.1 Å². The molecular formula is C13H7BrFN3O2. The van der Waals surface area contributed by atoms with Gasteiger partial charge >= 0.3 is 0 Å². The van der Waals surface area contributed by atoms with Gasteiger partial charge in [-0.1, -0.05) is 21.1 Å². The quantitative estimate of drug-likeness (QED) is 0.776. The van der Waals surface area contributed by atoms with Crippen molar-refractivity contribution >= 4 is 15.9 Å². The molecule has 0 saturated heterocycles. The molecule has 3 rings (SSSR count). The molecule has 0 bridgehead atoms. The predicted octanol–water partition coefficient (Wildman–Crippen LogP) is 3.41. The lowest BCUT2D eigenvalue weighted by Gasteiger charge is -1.99. The molecule has 20 heavy (non-hydrogen) atoms. The number of aromatic hydroxyl groups is 1. The second kappa shape index (κ2) is 5.01. The standard InChI is InChI=1S/C13H7BrFN3O2/c14-7-1-4-11(19)9(5-7)13-17-12(18-20-13)10-3-2-8(15)6-16-10/h1-6,19H. The Balaban J connectivity index is 2.01. The van der Waals surface area contributed by atoms with Gasteiger partial charge in [-0.25, -0.2) is 9.37 Å². The zero-order valence-corrected chi connectivity index (χ0v) is 11.5. The molecule has 0 spiro atoms. The monoisotopic (exact) mass is 335 g/mol. The van der Waals surface area contributed by atoms with Crippen molar-refractivity contribution in [2.45, 2.75) is 0 Å². The lowest BCUT2D eigenvalue weighted by Crippen LogP contribution is -1.86. The van der Waals surface area contributed by atoms with Gasteiger partial charge in [-0.3, -0.25) is 0 Å². The fraction of sp³-hybridized carbons (Fsp3) is 0. The highest BCUT2D eigenvalue weighted by Crippen LogP contribution is 2.31. The van der Waals surface area contributed by atoms with Crippen LogP contribution in [0.3, 0.4) is 0 Å². The van der Waals surface area contributed by atoms with E-state index in [-0.39, 0.29) is 17.5 Å². The zero-order valence-electron chi connectivity index (χ0n) is 9.92. The normalized spacial score (nSPS) is 10.7. The molecule has 0 radical (unpaired) electrons. The largest absolute Gasteiger partial charge is 0.507 e. The van der Waals surface area contributed by atoms with E-state index >= 15 is 0 Å². The lowest BCUT2D eigenvalue weighted by atomic mass is 10.2. The number of phenols is 1. The van der Waals surface area contributed by atoms with Crippen LogP contribution in [0, 0.1) is 5.82 Å². The lowest BCUT2D eigenvalue weighted by molar-refractivity contribution is 0.425. The van der Waals surface area contributed by atoms with Crippen molar-refractivity contribution < 1.29 is 14.0 Å². The highest BCUT2D eigenvalue weighted by molar-refractivity contribution is 9.10. The number of rotatable bonds is 2. The van der Waals surface area contributed by atoms with Crippen molar-refractivity contribution in [3.05, 3.63) is 46.8 Å². The molecule has 100 valence electrons.